The van der Waals surface area contributed by atoms with Crippen molar-refractivity contribution in [1.82, 2.24) is 9.55 Å². The number of imidazole rings is 1. The molecule has 36 heavy (non-hydrogen) atoms. The summed E-state index contributed by atoms with van der Waals surface area (Å²) in [6.45, 7) is 8.77. The first-order valence-corrected chi connectivity index (χ1v) is 12.7. The molecule has 1 fully saturated rings. The summed E-state index contributed by atoms with van der Waals surface area (Å²) in [5, 5.41) is 0. The number of anilines is 1. The zero-order valence-corrected chi connectivity index (χ0v) is 21.2. The number of carbonyl (C=O) groups is 1. The molecule has 0 N–H and O–H groups in total. The fourth-order valence-electron chi connectivity index (χ4n) is 4.93. The second-order valence-electron chi connectivity index (χ2n) is 9.41. The number of amides is 1. The minimum atomic E-state index is 0.0383. The third kappa shape index (κ3) is 4.94. The maximum absolute atomic E-state index is 13.0. The van der Waals surface area contributed by atoms with E-state index in [1.165, 1.54) is 5.56 Å². The van der Waals surface area contributed by atoms with Gasteiger partial charge in [0.1, 0.15) is 17.3 Å². The van der Waals surface area contributed by atoms with Gasteiger partial charge in [0.2, 0.25) is 5.91 Å². The molecule has 1 aromatic heterocycles. The van der Waals surface area contributed by atoms with E-state index in [1.807, 2.05) is 54.3 Å². The van der Waals surface area contributed by atoms with E-state index in [0.717, 1.165) is 52.6 Å². The van der Waals surface area contributed by atoms with E-state index < -0.39 is 0 Å². The molecule has 0 bridgehead atoms. The normalized spacial score (nSPS) is 15.6. The van der Waals surface area contributed by atoms with Gasteiger partial charge in [-0.15, -0.1) is 0 Å². The molecule has 3 aromatic carbocycles. The van der Waals surface area contributed by atoms with Crippen molar-refractivity contribution in [3.8, 4) is 11.5 Å². The Morgan fingerprint density at radius 3 is 2.61 bits per heavy atom. The van der Waals surface area contributed by atoms with Gasteiger partial charge in [-0.05, 0) is 80.8 Å². The molecular formula is C30H33N3O3. The third-order valence-electron chi connectivity index (χ3n) is 6.76. The molecule has 5 rings (SSSR count). The topological polar surface area (TPSA) is 56.6 Å². The van der Waals surface area contributed by atoms with Gasteiger partial charge in [0, 0.05) is 31.1 Å². The summed E-state index contributed by atoms with van der Waals surface area (Å²) in [7, 11) is 0. The Balaban J connectivity index is 1.32. The van der Waals surface area contributed by atoms with Crippen LogP contribution in [-0.2, 0) is 11.3 Å². The Bertz CT molecular complexity index is 1360. The molecule has 0 radical (unpaired) electrons. The van der Waals surface area contributed by atoms with Gasteiger partial charge in [-0.3, -0.25) is 4.79 Å². The van der Waals surface area contributed by atoms with E-state index in [-0.39, 0.29) is 11.8 Å². The van der Waals surface area contributed by atoms with Gasteiger partial charge in [0.15, 0.2) is 0 Å². The highest BCUT2D eigenvalue weighted by Gasteiger charge is 2.34. The number of ether oxygens (including phenoxy) is 2. The van der Waals surface area contributed by atoms with Crippen LogP contribution in [-0.4, -0.2) is 35.2 Å². The molecule has 186 valence electrons. The van der Waals surface area contributed by atoms with Gasteiger partial charge in [0.25, 0.3) is 0 Å². The number of aromatic nitrogens is 2. The minimum Gasteiger partial charge on any atom is -0.494 e. The van der Waals surface area contributed by atoms with Crippen LogP contribution in [0.4, 0.5) is 5.69 Å². The van der Waals surface area contributed by atoms with Crippen LogP contribution in [0.25, 0.3) is 11.0 Å². The SMILES string of the molecule is CCOc1ccc(N2CC(c3nc4ccccc4n3CCCOc3cc(C)ccc3C)CC2=O)cc1. The largest absolute Gasteiger partial charge is 0.494 e. The van der Waals surface area contributed by atoms with Crippen LogP contribution in [0.15, 0.2) is 66.7 Å². The van der Waals surface area contributed by atoms with Crippen LogP contribution in [0.3, 0.4) is 0 Å². The molecule has 1 aliphatic heterocycles. The van der Waals surface area contributed by atoms with E-state index in [1.54, 1.807) is 0 Å². The quantitative estimate of drug-likeness (QED) is 0.272. The Morgan fingerprint density at radius 1 is 1.00 bits per heavy atom. The zero-order valence-electron chi connectivity index (χ0n) is 21.2. The Hall–Kier alpha value is -3.80. The lowest BCUT2D eigenvalue weighted by Crippen LogP contribution is -2.24. The minimum absolute atomic E-state index is 0.0383. The molecule has 0 spiro atoms. The summed E-state index contributed by atoms with van der Waals surface area (Å²) in [6.07, 6.45) is 1.31. The van der Waals surface area contributed by atoms with Crippen LogP contribution >= 0.6 is 0 Å². The molecule has 2 heterocycles. The van der Waals surface area contributed by atoms with Crippen LogP contribution in [0.1, 0.15) is 42.6 Å². The van der Waals surface area contributed by atoms with Crippen molar-refractivity contribution in [3.63, 3.8) is 0 Å². The van der Waals surface area contributed by atoms with Gasteiger partial charge in [-0.2, -0.15) is 0 Å². The maximum Gasteiger partial charge on any atom is 0.227 e. The molecule has 6 nitrogen and oxygen atoms in total. The summed E-state index contributed by atoms with van der Waals surface area (Å²) in [5.74, 6) is 2.90. The molecule has 1 atom stereocenters. The lowest BCUT2D eigenvalue weighted by molar-refractivity contribution is -0.117. The van der Waals surface area contributed by atoms with E-state index in [0.29, 0.717) is 26.2 Å². The molecule has 0 aliphatic carbocycles. The smallest absolute Gasteiger partial charge is 0.227 e. The lowest BCUT2D eigenvalue weighted by Gasteiger charge is -2.18. The van der Waals surface area contributed by atoms with Gasteiger partial charge >= 0.3 is 0 Å². The first-order chi connectivity index (χ1) is 17.5. The standard InChI is InChI=1S/C30H33N3O3/c1-4-35-25-14-12-24(13-15-25)33-20-23(19-29(33)34)30-31-26-8-5-6-9-27(26)32(30)16-7-17-36-28-18-21(2)10-11-22(28)3/h5-6,8-15,18,23H,4,7,16-17,19-20H2,1-3H3. The van der Waals surface area contributed by atoms with Crippen LogP contribution in [0.5, 0.6) is 11.5 Å². The molecule has 0 saturated carbocycles. The number of fused-ring (bicyclic) bond motifs is 1. The van der Waals surface area contributed by atoms with Crippen molar-refractivity contribution >= 4 is 22.6 Å². The number of aryl methyl sites for hydroxylation is 3. The number of benzene rings is 3. The third-order valence-corrected chi connectivity index (χ3v) is 6.76. The Morgan fingerprint density at radius 2 is 1.81 bits per heavy atom. The van der Waals surface area contributed by atoms with E-state index >= 15 is 0 Å². The first kappa shape index (κ1) is 23.9. The molecular weight excluding hydrogens is 450 g/mol. The van der Waals surface area contributed by atoms with Crippen molar-refractivity contribution in [2.45, 2.75) is 46.1 Å². The number of hydrogen-bond donors (Lipinski definition) is 0. The number of hydrogen-bond acceptors (Lipinski definition) is 4. The summed E-state index contributed by atoms with van der Waals surface area (Å²) in [5.41, 5.74) is 5.31. The fourth-order valence-corrected chi connectivity index (χ4v) is 4.93. The molecule has 1 unspecified atom stereocenters. The monoisotopic (exact) mass is 483 g/mol. The van der Waals surface area contributed by atoms with E-state index in [9.17, 15) is 4.79 Å². The number of nitrogens with zero attached hydrogens (tertiary/aromatic N) is 3. The van der Waals surface area contributed by atoms with Crippen molar-refractivity contribution in [2.75, 3.05) is 24.7 Å². The van der Waals surface area contributed by atoms with Crippen LogP contribution in [0.2, 0.25) is 0 Å². The van der Waals surface area contributed by atoms with Gasteiger partial charge in [0.05, 0.1) is 24.2 Å². The number of para-hydroxylation sites is 2. The molecule has 6 heteroatoms. The Kier molecular flexibility index (Phi) is 6.94. The first-order valence-electron chi connectivity index (χ1n) is 12.7. The summed E-state index contributed by atoms with van der Waals surface area (Å²) < 4.78 is 13.9. The summed E-state index contributed by atoms with van der Waals surface area (Å²) in [4.78, 5) is 19.9. The van der Waals surface area contributed by atoms with Gasteiger partial charge in [-0.1, -0.05) is 24.3 Å². The van der Waals surface area contributed by atoms with Gasteiger partial charge in [-0.25, -0.2) is 4.98 Å². The molecule has 1 aliphatic rings. The summed E-state index contributed by atoms with van der Waals surface area (Å²) in [6, 6.07) is 22.3. The summed E-state index contributed by atoms with van der Waals surface area (Å²) >= 11 is 0. The number of rotatable bonds is 9. The van der Waals surface area contributed by atoms with Crippen molar-refractivity contribution in [2.24, 2.45) is 0 Å². The predicted octanol–water partition coefficient (Wildman–Crippen LogP) is 6.04. The fraction of sp³-hybridized carbons (Fsp3) is 0.333. The second-order valence-corrected chi connectivity index (χ2v) is 9.41. The average Bonchev–Trinajstić information content (AvgIpc) is 3.45. The molecule has 1 saturated heterocycles. The highest BCUT2D eigenvalue weighted by molar-refractivity contribution is 5.96. The van der Waals surface area contributed by atoms with Crippen LogP contribution in [0, 0.1) is 13.8 Å². The Labute approximate surface area is 212 Å². The van der Waals surface area contributed by atoms with Crippen LogP contribution < -0.4 is 14.4 Å². The second kappa shape index (κ2) is 10.4. The lowest BCUT2D eigenvalue weighted by atomic mass is 10.1. The van der Waals surface area contributed by atoms with E-state index in [4.69, 9.17) is 14.5 Å². The van der Waals surface area contributed by atoms with E-state index in [2.05, 4.69) is 42.7 Å². The highest BCUT2D eigenvalue weighted by Crippen LogP contribution is 2.34. The average molecular weight is 484 g/mol. The van der Waals surface area contributed by atoms with Crippen molar-refractivity contribution < 1.29 is 14.3 Å². The number of carbonyl (C=O) groups excluding carboxylic acids is 1. The highest BCUT2D eigenvalue weighted by atomic mass is 16.5. The predicted molar refractivity (Wildman–Crippen MR) is 143 cm³/mol. The maximum atomic E-state index is 13.0. The van der Waals surface area contributed by atoms with Crippen molar-refractivity contribution in [1.29, 1.82) is 0 Å². The van der Waals surface area contributed by atoms with Crippen molar-refractivity contribution in [3.05, 3.63) is 83.7 Å². The molecule has 1 amide bonds. The molecule has 4 aromatic rings. The van der Waals surface area contributed by atoms with Gasteiger partial charge < -0.3 is 18.9 Å². The zero-order chi connectivity index (χ0) is 25.1.